The molecule has 166 valence electrons. The fourth-order valence-electron chi connectivity index (χ4n) is 3.54. The van der Waals surface area contributed by atoms with E-state index in [1.165, 1.54) is 18.5 Å². The van der Waals surface area contributed by atoms with Gasteiger partial charge in [0.15, 0.2) is 5.69 Å². The highest BCUT2D eigenvalue weighted by Gasteiger charge is 2.35. The van der Waals surface area contributed by atoms with Crippen LogP contribution in [0.2, 0.25) is 0 Å². The molecule has 1 aromatic carbocycles. The van der Waals surface area contributed by atoms with Crippen LogP contribution in [-0.4, -0.2) is 58.1 Å². The van der Waals surface area contributed by atoms with E-state index in [1.807, 2.05) is 6.07 Å². The second kappa shape index (κ2) is 8.47. The summed E-state index contributed by atoms with van der Waals surface area (Å²) in [6.07, 6.45) is -3.15. The lowest BCUT2D eigenvalue weighted by molar-refractivity contribution is -0.139. The third-order valence-corrected chi connectivity index (χ3v) is 5.21. The monoisotopic (exact) mass is 444 g/mol. The fourth-order valence-corrected chi connectivity index (χ4v) is 3.54. The number of fused-ring (bicyclic) bond motifs is 1. The second-order valence-electron chi connectivity index (χ2n) is 7.31. The summed E-state index contributed by atoms with van der Waals surface area (Å²) >= 11 is 0. The average molecular weight is 444 g/mol. The van der Waals surface area contributed by atoms with Crippen molar-refractivity contribution in [2.75, 3.05) is 32.8 Å². The standard InChI is InChI=1S/C21H19F3N6O2/c1-29-12-27-20-16(10-25)28-15(9-17(20)29)13-2-3-18(14(8-13)21(22,23)24)32-7-6-30-5-4-26-11-19(30)31/h2-3,8-9,12,26H,4-7,11H2,1H3. The molecule has 11 heteroatoms. The van der Waals surface area contributed by atoms with Gasteiger partial charge in [-0.3, -0.25) is 4.79 Å². The molecule has 3 heterocycles. The van der Waals surface area contributed by atoms with Crippen LogP contribution in [0.5, 0.6) is 5.75 Å². The van der Waals surface area contributed by atoms with Crippen molar-refractivity contribution in [3.63, 3.8) is 0 Å². The Hall–Kier alpha value is -3.65. The number of ether oxygens (including phenoxy) is 1. The molecule has 8 nitrogen and oxygen atoms in total. The molecule has 0 aliphatic carbocycles. The number of nitriles is 1. The maximum Gasteiger partial charge on any atom is 0.419 e. The van der Waals surface area contributed by atoms with Gasteiger partial charge in [0.05, 0.1) is 36.2 Å². The van der Waals surface area contributed by atoms with Crippen LogP contribution in [0.3, 0.4) is 0 Å². The molecule has 1 fully saturated rings. The molecule has 0 unspecified atom stereocenters. The van der Waals surface area contributed by atoms with E-state index in [-0.39, 0.29) is 48.3 Å². The molecule has 1 amide bonds. The summed E-state index contributed by atoms with van der Waals surface area (Å²) in [5.41, 5.74) is 0.473. The first-order valence-electron chi connectivity index (χ1n) is 9.83. The quantitative estimate of drug-likeness (QED) is 0.649. The van der Waals surface area contributed by atoms with Gasteiger partial charge in [-0.05, 0) is 24.3 Å². The summed E-state index contributed by atoms with van der Waals surface area (Å²) in [4.78, 5) is 21.7. The molecule has 0 atom stereocenters. The number of benzene rings is 1. The SMILES string of the molecule is Cn1cnc2c(C#N)nc(-c3ccc(OCCN4CCNCC4=O)c(C(F)(F)F)c3)cc21. The van der Waals surface area contributed by atoms with E-state index >= 15 is 0 Å². The van der Waals surface area contributed by atoms with Crippen LogP contribution in [-0.2, 0) is 18.0 Å². The highest BCUT2D eigenvalue weighted by Crippen LogP contribution is 2.39. The van der Waals surface area contributed by atoms with Gasteiger partial charge in [-0.1, -0.05) is 0 Å². The van der Waals surface area contributed by atoms with Gasteiger partial charge in [0.1, 0.15) is 23.9 Å². The predicted molar refractivity (Wildman–Crippen MR) is 109 cm³/mol. The van der Waals surface area contributed by atoms with Crippen molar-refractivity contribution in [1.82, 2.24) is 24.8 Å². The Morgan fingerprint density at radius 1 is 1.31 bits per heavy atom. The van der Waals surface area contributed by atoms with Gasteiger partial charge in [-0.25, -0.2) is 9.97 Å². The highest BCUT2D eigenvalue weighted by atomic mass is 19.4. The molecule has 0 saturated carbocycles. The molecule has 4 rings (SSSR count). The summed E-state index contributed by atoms with van der Waals surface area (Å²) in [7, 11) is 1.72. The average Bonchev–Trinajstić information content (AvgIpc) is 3.14. The van der Waals surface area contributed by atoms with E-state index in [2.05, 4.69) is 15.3 Å². The van der Waals surface area contributed by atoms with Gasteiger partial charge in [0.2, 0.25) is 5.91 Å². The number of nitrogens with one attached hydrogen (secondary N) is 1. The Morgan fingerprint density at radius 2 is 2.12 bits per heavy atom. The van der Waals surface area contributed by atoms with Gasteiger partial charge < -0.3 is 19.5 Å². The maximum atomic E-state index is 13.8. The van der Waals surface area contributed by atoms with E-state index in [9.17, 15) is 23.2 Å². The molecular weight excluding hydrogens is 425 g/mol. The van der Waals surface area contributed by atoms with Crippen LogP contribution in [0.15, 0.2) is 30.6 Å². The number of carbonyl (C=O) groups excluding carboxylic acids is 1. The number of pyridine rings is 1. The van der Waals surface area contributed by atoms with Crippen molar-refractivity contribution in [1.29, 1.82) is 5.26 Å². The smallest absolute Gasteiger partial charge is 0.419 e. The van der Waals surface area contributed by atoms with Gasteiger partial charge in [-0.2, -0.15) is 18.4 Å². The van der Waals surface area contributed by atoms with E-state index < -0.39 is 11.7 Å². The zero-order valence-corrected chi connectivity index (χ0v) is 17.1. The molecule has 0 bridgehead atoms. The number of aromatic nitrogens is 3. The maximum absolute atomic E-state index is 13.8. The number of imidazole rings is 1. The minimum atomic E-state index is -4.66. The molecule has 32 heavy (non-hydrogen) atoms. The lowest BCUT2D eigenvalue weighted by Crippen LogP contribution is -2.49. The van der Waals surface area contributed by atoms with Crippen LogP contribution in [0, 0.1) is 11.3 Å². The predicted octanol–water partition coefficient (Wildman–Crippen LogP) is 2.34. The Morgan fingerprint density at radius 3 is 2.84 bits per heavy atom. The first-order chi connectivity index (χ1) is 15.3. The number of nitrogens with zero attached hydrogens (tertiary/aromatic N) is 5. The summed E-state index contributed by atoms with van der Waals surface area (Å²) in [6, 6.07) is 7.19. The van der Waals surface area contributed by atoms with E-state index in [1.54, 1.807) is 22.6 Å². The minimum Gasteiger partial charge on any atom is -0.491 e. The normalized spacial score (nSPS) is 14.6. The lowest BCUT2D eigenvalue weighted by Gasteiger charge is -2.27. The zero-order valence-electron chi connectivity index (χ0n) is 17.1. The minimum absolute atomic E-state index is 0.0349. The van der Waals surface area contributed by atoms with Crippen molar-refractivity contribution < 1.29 is 22.7 Å². The molecule has 1 N–H and O–H groups in total. The van der Waals surface area contributed by atoms with Gasteiger partial charge in [0.25, 0.3) is 0 Å². The van der Waals surface area contributed by atoms with Crippen LogP contribution in [0.4, 0.5) is 13.2 Å². The van der Waals surface area contributed by atoms with Gasteiger partial charge in [-0.15, -0.1) is 0 Å². The number of hydrogen-bond donors (Lipinski definition) is 1. The van der Waals surface area contributed by atoms with E-state index in [0.29, 0.717) is 24.1 Å². The topological polar surface area (TPSA) is 96.1 Å². The summed E-state index contributed by atoms with van der Waals surface area (Å²) in [5, 5.41) is 12.3. The Labute approximate surface area is 181 Å². The fraction of sp³-hybridized carbons (Fsp3) is 0.333. The Bertz CT molecular complexity index is 1210. The van der Waals surface area contributed by atoms with Crippen LogP contribution >= 0.6 is 0 Å². The number of halogens is 3. The molecular formula is C21H19F3N6O2. The number of piperazine rings is 1. The molecule has 1 aliphatic rings. The summed E-state index contributed by atoms with van der Waals surface area (Å²) in [5.74, 6) is -0.442. The summed E-state index contributed by atoms with van der Waals surface area (Å²) < 4.78 is 48.4. The molecule has 1 aliphatic heterocycles. The molecule has 0 radical (unpaired) electrons. The van der Waals surface area contributed by atoms with Crippen molar-refractivity contribution >= 4 is 16.9 Å². The van der Waals surface area contributed by atoms with E-state index in [4.69, 9.17) is 4.74 Å². The van der Waals surface area contributed by atoms with Gasteiger partial charge in [0, 0.05) is 25.7 Å². The largest absolute Gasteiger partial charge is 0.491 e. The van der Waals surface area contributed by atoms with Gasteiger partial charge >= 0.3 is 6.18 Å². The van der Waals surface area contributed by atoms with Crippen LogP contribution in [0.1, 0.15) is 11.3 Å². The first-order valence-corrected chi connectivity index (χ1v) is 9.83. The number of rotatable bonds is 5. The molecule has 2 aromatic heterocycles. The number of amides is 1. The Balaban J connectivity index is 1.63. The van der Waals surface area contributed by atoms with Crippen LogP contribution in [0.25, 0.3) is 22.3 Å². The van der Waals surface area contributed by atoms with Crippen molar-refractivity contribution in [2.24, 2.45) is 7.05 Å². The number of alkyl halides is 3. The molecule has 3 aromatic rings. The van der Waals surface area contributed by atoms with Crippen LogP contribution < -0.4 is 10.1 Å². The third-order valence-electron chi connectivity index (χ3n) is 5.21. The lowest BCUT2D eigenvalue weighted by atomic mass is 10.1. The van der Waals surface area contributed by atoms with E-state index in [0.717, 1.165) is 6.07 Å². The number of aryl methyl sites for hydroxylation is 1. The first kappa shape index (κ1) is 21.6. The highest BCUT2D eigenvalue weighted by molar-refractivity contribution is 5.84. The van der Waals surface area contributed by atoms with Crippen molar-refractivity contribution in [2.45, 2.75) is 6.18 Å². The summed E-state index contributed by atoms with van der Waals surface area (Å²) in [6.45, 7) is 1.46. The Kier molecular flexibility index (Phi) is 5.71. The number of carbonyl (C=O) groups is 1. The second-order valence-corrected chi connectivity index (χ2v) is 7.31. The number of hydrogen-bond acceptors (Lipinski definition) is 6. The van der Waals surface area contributed by atoms with Crippen molar-refractivity contribution in [3.8, 4) is 23.1 Å². The molecule has 1 saturated heterocycles. The zero-order chi connectivity index (χ0) is 22.9. The third kappa shape index (κ3) is 4.22. The molecule has 0 spiro atoms. The van der Waals surface area contributed by atoms with Crippen molar-refractivity contribution in [3.05, 3.63) is 41.9 Å².